The summed E-state index contributed by atoms with van der Waals surface area (Å²) in [7, 11) is 1.68. The molecule has 0 bridgehead atoms. The lowest BCUT2D eigenvalue weighted by atomic mass is 10.1. The summed E-state index contributed by atoms with van der Waals surface area (Å²) < 4.78 is 12.9. The fraction of sp³-hybridized carbons (Fsp3) is 0.118. The average Bonchev–Trinajstić information content (AvgIpc) is 2.56. The second-order valence-corrected chi connectivity index (χ2v) is 4.84. The van der Waals surface area contributed by atoms with Gasteiger partial charge in [-0.05, 0) is 48.0 Å². The summed E-state index contributed by atoms with van der Waals surface area (Å²) in [4.78, 5) is 15.9. The lowest BCUT2D eigenvalue weighted by Crippen LogP contribution is -2.21. The van der Waals surface area contributed by atoms with E-state index in [0.717, 1.165) is 11.1 Å². The Morgan fingerprint density at radius 3 is 2.52 bits per heavy atom. The van der Waals surface area contributed by atoms with Crippen molar-refractivity contribution < 1.29 is 9.18 Å². The van der Waals surface area contributed by atoms with Crippen molar-refractivity contribution in [3.63, 3.8) is 0 Å². The first-order valence-corrected chi connectivity index (χ1v) is 7.01. The molecule has 0 unspecified atom stereocenters. The second-order valence-electron chi connectivity index (χ2n) is 4.84. The molecule has 0 spiro atoms. The molecule has 2 aromatic rings. The molecule has 0 aliphatic heterocycles. The first-order chi connectivity index (χ1) is 11.1. The Bertz CT molecular complexity index is 708. The van der Waals surface area contributed by atoms with Crippen molar-refractivity contribution in [3.05, 3.63) is 71.8 Å². The Balaban J connectivity index is 1.96. The molecule has 118 valence electrons. The van der Waals surface area contributed by atoms with Crippen LogP contribution in [0.3, 0.4) is 0 Å². The SMILES string of the molecule is CN/C=C\C(=N)C(=O)Nc1ccc(Cc2ccc(F)cc2)cn1. The van der Waals surface area contributed by atoms with Gasteiger partial charge in [-0.1, -0.05) is 18.2 Å². The number of halogens is 1. The quantitative estimate of drug-likeness (QED) is 0.717. The zero-order chi connectivity index (χ0) is 16.7. The molecule has 0 radical (unpaired) electrons. The zero-order valence-electron chi connectivity index (χ0n) is 12.6. The van der Waals surface area contributed by atoms with Crippen LogP contribution >= 0.6 is 0 Å². The standard InChI is InChI=1S/C17H17FN4O/c1-20-9-8-15(19)17(23)22-16-7-4-13(11-21-16)10-12-2-5-14(18)6-3-12/h2-9,11,19-20H,10H2,1H3,(H,21,22,23)/b9-8-,19-15?. The van der Waals surface area contributed by atoms with E-state index in [1.807, 2.05) is 6.07 Å². The topological polar surface area (TPSA) is 77.9 Å². The minimum absolute atomic E-state index is 0.170. The number of aromatic nitrogens is 1. The van der Waals surface area contributed by atoms with Crippen molar-refractivity contribution in [1.82, 2.24) is 10.3 Å². The van der Waals surface area contributed by atoms with E-state index in [4.69, 9.17) is 5.41 Å². The van der Waals surface area contributed by atoms with Crippen LogP contribution in [-0.2, 0) is 11.2 Å². The molecular formula is C17H17FN4O. The van der Waals surface area contributed by atoms with Crippen LogP contribution in [0, 0.1) is 11.2 Å². The highest BCUT2D eigenvalue weighted by molar-refractivity contribution is 6.45. The summed E-state index contributed by atoms with van der Waals surface area (Å²) >= 11 is 0. The van der Waals surface area contributed by atoms with E-state index in [0.29, 0.717) is 12.2 Å². The first kappa shape index (κ1) is 16.4. The third-order valence-corrected chi connectivity index (χ3v) is 3.05. The van der Waals surface area contributed by atoms with Gasteiger partial charge < -0.3 is 10.6 Å². The van der Waals surface area contributed by atoms with E-state index < -0.39 is 5.91 Å². The van der Waals surface area contributed by atoms with Crippen LogP contribution in [0.2, 0.25) is 0 Å². The summed E-state index contributed by atoms with van der Waals surface area (Å²) in [6, 6.07) is 9.79. The molecule has 0 fully saturated rings. The lowest BCUT2D eigenvalue weighted by molar-refractivity contribution is -0.110. The number of benzene rings is 1. The molecule has 1 heterocycles. The van der Waals surface area contributed by atoms with Crippen LogP contribution in [0.1, 0.15) is 11.1 Å². The van der Waals surface area contributed by atoms with Gasteiger partial charge in [-0.15, -0.1) is 0 Å². The summed E-state index contributed by atoms with van der Waals surface area (Å²) in [6.45, 7) is 0. The van der Waals surface area contributed by atoms with Crippen LogP contribution in [0.5, 0.6) is 0 Å². The molecule has 0 aliphatic carbocycles. The lowest BCUT2D eigenvalue weighted by Gasteiger charge is -2.05. The maximum Gasteiger partial charge on any atom is 0.274 e. The van der Waals surface area contributed by atoms with Gasteiger partial charge in [0.15, 0.2) is 0 Å². The van der Waals surface area contributed by atoms with Gasteiger partial charge in [0.1, 0.15) is 17.3 Å². The maximum atomic E-state index is 12.9. The Morgan fingerprint density at radius 1 is 1.22 bits per heavy atom. The van der Waals surface area contributed by atoms with Gasteiger partial charge in [-0.25, -0.2) is 9.37 Å². The molecule has 23 heavy (non-hydrogen) atoms. The summed E-state index contributed by atoms with van der Waals surface area (Å²) in [6.07, 6.45) is 5.13. The number of hydrogen-bond donors (Lipinski definition) is 3. The van der Waals surface area contributed by atoms with Crippen LogP contribution in [0.25, 0.3) is 0 Å². The normalized spacial score (nSPS) is 10.5. The van der Waals surface area contributed by atoms with E-state index in [1.54, 1.807) is 31.4 Å². The minimum Gasteiger partial charge on any atom is -0.394 e. The second kappa shape index (κ2) is 7.84. The molecule has 0 saturated heterocycles. The Kier molecular flexibility index (Phi) is 5.57. The highest BCUT2D eigenvalue weighted by atomic mass is 19.1. The van der Waals surface area contributed by atoms with Crippen LogP contribution < -0.4 is 10.6 Å². The number of hydrogen-bond acceptors (Lipinski definition) is 4. The molecule has 0 saturated carbocycles. The predicted molar refractivity (Wildman–Crippen MR) is 88.0 cm³/mol. The first-order valence-electron chi connectivity index (χ1n) is 7.01. The van der Waals surface area contributed by atoms with E-state index in [1.165, 1.54) is 24.4 Å². The third-order valence-electron chi connectivity index (χ3n) is 3.05. The fourth-order valence-corrected chi connectivity index (χ4v) is 1.87. The zero-order valence-corrected chi connectivity index (χ0v) is 12.6. The summed E-state index contributed by atoms with van der Waals surface area (Å²) in [5.41, 5.74) is 1.75. The average molecular weight is 312 g/mol. The molecule has 1 amide bonds. The number of rotatable bonds is 6. The van der Waals surface area contributed by atoms with E-state index in [-0.39, 0.29) is 11.5 Å². The number of carbonyl (C=O) groups is 1. The highest BCUT2D eigenvalue weighted by Crippen LogP contribution is 2.11. The van der Waals surface area contributed by atoms with Crippen LogP contribution in [-0.4, -0.2) is 23.7 Å². The highest BCUT2D eigenvalue weighted by Gasteiger charge is 2.07. The predicted octanol–water partition coefficient (Wildman–Crippen LogP) is 2.50. The van der Waals surface area contributed by atoms with Crippen molar-refractivity contribution in [1.29, 1.82) is 5.41 Å². The number of amides is 1. The third kappa shape index (κ3) is 5.03. The van der Waals surface area contributed by atoms with Gasteiger partial charge in [0.05, 0.1) is 0 Å². The molecule has 1 aromatic carbocycles. The van der Waals surface area contributed by atoms with Crippen molar-refractivity contribution in [2.75, 3.05) is 12.4 Å². The number of carbonyl (C=O) groups excluding carboxylic acids is 1. The molecule has 0 aliphatic rings. The summed E-state index contributed by atoms with van der Waals surface area (Å²) in [5.74, 6) is -0.421. The van der Waals surface area contributed by atoms with Gasteiger partial charge in [-0.2, -0.15) is 0 Å². The van der Waals surface area contributed by atoms with Gasteiger partial charge in [0.25, 0.3) is 5.91 Å². The van der Waals surface area contributed by atoms with Crippen molar-refractivity contribution in [3.8, 4) is 0 Å². The van der Waals surface area contributed by atoms with Crippen molar-refractivity contribution in [2.24, 2.45) is 0 Å². The molecule has 3 N–H and O–H groups in total. The molecule has 1 aromatic heterocycles. The van der Waals surface area contributed by atoms with Crippen LogP contribution in [0.15, 0.2) is 54.9 Å². The van der Waals surface area contributed by atoms with E-state index in [9.17, 15) is 9.18 Å². The van der Waals surface area contributed by atoms with E-state index >= 15 is 0 Å². The van der Waals surface area contributed by atoms with Crippen molar-refractivity contribution >= 4 is 17.4 Å². The molecule has 6 heteroatoms. The number of anilines is 1. The van der Waals surface area contributed by atoms with Crippen LogP contribution in [0.4, 0.5) is 10.2 Å². The smallest absolute Gasteiger partial charge is 0.274 e. The molecule has 2 rings (SSSR count). The molecule has 0 atom stereocenters. The van der Waals surface area contributed by atoms with Gasteiger partial charge in [0, 0.05) is 13.2 Å². The van der Waals surface area contributed by atoms with Gasteiger partial charge >= 0.3 is 0 Å². The number of nitrogens with zero attached hydrogens (tertiary/aromatic N) is 1. The molecular weight excluding hydrogens is 295 g/mol. The van der Waals surface area contributed by atoms with Gasteiger partial charge in [0.2, 0.25) is 0 Å². The molecule has 5 nitrogen and oxygen atoms in total. The largest absolute Gasteiger partial charge is 0.394 e. The Labute approximate surface area is 133 Å². The van der Waals surface area contributed by atoms with E-state index in [2.05, 4.69) is 15.6 Å². The Morgan fingerprint density at radius 2 is 1.91 bits per heavy atom. The van der Waals surface area contributed by atoms with Crippen molar-refractivity contribution in [2.45, 2.75) is 6.42 Å². The monoisotopic (exact) mass is 312 g/mol. The van der Waals surface area contributed by atoms with Gasteiger partial charge in [-0.3, -0.25) is 10.2 Å². The maximum absolute atomic E-state index is 12.9. The minimum atomic E-state index is -0.532. The number of nitrogens with one attached hydrogen (secondary N) is 3. The Hall–Kier alpha value is -3.02. The summed E-state index contributed by atoms with van der Waals surface area (Å²) in [5, 5.41) is 12.8. The fourth-order valence-electron chi connectivity index (χ4n) is 1.87. The number of pyridine rings is 1.